The first-order valence-corrected chi connectivity index (χ1v) is 10.5. The van der Waals surface area contributed by atoms with Gasteiger partial charge in [0.25, 0.3) is 5.56 Å². The van der Waals surface area contributed by atoms with Crippen LogP contribution < -0.4 is 15.2 Å². The summed E-state index contributed by atoms with van der Waals surface area (Å²) in [5.41, 5.74) is 1.96. The molecule has 1 aromatic carbocycles. The molecule has 4 heterocycles. The maximum absolute atomic E-state index is 12.8. The van der Waals surface area contributed by atoms with E-state index in [1.807, 2.05) is 40.6 Å². The minimum absolute atomic E-state index is 0.309. The highest BCUT2D eigenvalue weighted by Gasteiger charge is 2.21. The van der Waals surface area contributed by atoms with Gasteiger partial charge in [0.2, 0.25) is 0 Å². The van der Waals surface area contributed by atoms with Gasteiger partial charge in [0, 0.05) is 30.4 Å². The van der Waals surface area contributed by atoms with Crippen LogP contribution in [-0.4, -0.2) is 36.3 Å². The Morgan fingerprint density at radius 2 is 1.93 bits per heavy atom. The Morgan fingerprint density at radius 1 is 1.10 bits per heavy atom. The molecule has 7 nitrogen and oxygen atoms in total. The second-order valence-electron chi connectivity index (χ2n) is 6.84. The van der Waals surface area contributed by atoms with Gasteiger partial charge in [0.05, 0.1) is 24.2 Å². The number of hydrogen-bond acceptors (Lipinski definition) is 8. The van der Waals surface area contributed by atoms with Crippen molar-refractivity contribution in [2.75, 3.05) is 31.2 Å². The molecule has 1 aliphatic heterocycles. The van der Waals surface area contributed by atoms with E-state index in [9.17, 15) is 4.79 Å². The van der Waals surface area contributed by atoms with Crippen LogP contribution in [0.25, 0.3) is 21.4 Å². The smallest absolute Gasteiger partial charge is 0.301 e. The van der Waals surface area contributed by atoms with E-state index in [-0.39, 0.29) is 5.56 Å². The highest BCUT2D eigenvalue weighted by molar-refractivity contribution is 7.13. The lowest BCUT2D eigenvalue weighted by atomic mass is 10.1. The van der Waals surface area contributed by atoms with E-state index in [1.165, 1.54) is 0 Å². The molecular formula is C22H19N3O4S. The Kier molecular flexibility index (Phi) is 5.17. The summed E-state index contributed by atoms with van der Waals surface area (Å²) in [6.45, 7) is 2.81. The van der Waals surface area contributed by atoms with Crippen LogP contribution in [-0.2, 0) is 11.3 Å². The second-order valence-corrected chi connectivity index (χ2v) is 7.79. The Balaban J connectivity index is 1.63. The van der Waals surface area contributed by atoms with Crippen molar-refractivity contribution in [3.63, 3.8) is 0 Å². The number of ether oxygens (including phenoxy) is 2. The zero-order valence-electron chi connectivity index (χ0n) is 16.1. The summed E-state index contributed by atoms with van der Waals surface area (Å²) in [7, 11) is 0. The first-order chi connectivity index (χ1) is 14.8. The average Bonchev–Trinajstić information content (AvgIpc) is 3.33. The van der Waals surface area contributed by atoms with Crippen molar-refractivity contribution in [1.82, 2.24) is 9.97 Å². The molecule has 30 heavy (non-hydrogen) atoms. The van der Waals surface area contributed by atoms with Gasteiger partial charge in [-0.05, 0) is 41.3 Å². The van der Waals surface area contributed by atoms with Gasteiger partial charge in [-0.1, -0.05) is 6.07 Å². The van der Waals surface area contributed by atoms with Crippen molar-refractivity contribution in [3.8, 4) is 16.2 Å². The molecule has 0 unspecified atom stereocenters. The van der Waals surface area contributed by atoms with Crippen molar-refractivity contribution in [2.24, 2.45) is 0 Å². The van der Waals surface area contributed by atoms with Gasteiger partial charge >= 0.3 is 6.01 Å². The summed E-state index contributed by atoms with van der Waals surface area (Å²) in [5, 5.41) is 2.43. The highest BCUT2D eigenvalue weighted by atomic mass is 32.1. The normalized spacial score (nSPS) is 14.2. The van der Waals surface area contributed by atoms with E-state index in [0.29, 0.717) is 55.6 Å². The average molecular weight is 421 g/mol. The maximum atomic E-state index is 12.8. The number of nitrogens with zero attached hydrogens (tertiary/aromatic N) is 3. The molecule has 0 amide bonds. The lowest BCUT2D eigenvalue weighted by molar-refractivity contribution is 0.120. The minimum Gasteiger partial charge on any atom is -0.488 e. The molecule has 0 N–H and O–H groups in total. The molecule has 1 fully saturated rings. The number of aromatic nitrogens is 2. The van der Waals surface area contributed by atoms with Crippen LogP contribution in [0, 0.1) is 0 Å². The third-order valence-corrected chi connectivity index (χ3v) is 5.82. The van der Waals surface area contributed by atoms with Gasteiger partial charge in [-0.25, -0.2) is 0 Å². The summed E-state index contributed by atoms with van der Waals surface area (Å²) in [6, 6.07) is 11.6. The van der Waals surface area contributed by atoms with Crippen molar-refractivity contribution in [3.05, 3.63) is 70.1 Å². The van der Waals surface area contributed by atoms with Crippen LogP contribution in [0.5, 0.6) is 5.75 Å². The number of rotatable bonds is 5. The minimum atomic E-state index is -0.309. The summed E-state index contributed by atoms with van der Waals surface area (Å²) in [6.07, 6.45) is 3.47. The number of pyridine rings is 1. The molecule has 3 aromatic heterocycles. The third-order valence-electron chi connectivity index (χ3n) is 4.93. The number of anilines is 1. The Morgan fingerprint density at radius 3 is 2.70 bits per heavy atom. The van der Waals surface area contributed by atoms with E-state index in [1.54, 1.807) is 29.8 Å². The number of hydrogen-bond donors (Lipinski definition) is 0. The van der Waals surface area contributed by atoms with Crippen LogP contribution in [0.2, 0.25) is 0 Å². The highest BCUT2D eigenvalue weighted by Crippen LogP contribution is 2.39. The van der Waals surface area contributed by atoms with Crippen LogP contribution in [0.15, 0.2) is 63.4 Å². The fourth-order valence-corrected chi connectivity index (χ4v) is 4.18. The molecule has 0 bridgehead atoms. The van der Waals surface area contributed by atoms with Crippen LogP contribution in [0.3, 0.4) is 0 Å². The van der Waals surface area contributed by atoms with Crippen LogP contribution in [0.4, 0.5) is 6.01 Å². The number of benzene rings is 1. The predicted molar refractivity (Wildman–Crippen MR) is 115 cm³/mol. The Bertz CT molecular complexity index is 1200. The standard InChI is InChI=1S/C22H19N3O4S/c26-21-16-3-4-17(28-14-15-5-7-23-8-6-15)19(18-2-1-13-30-18)20(16)29-22(24-21)25-9-11-27-12-10-25/h1-8,13H,9-12,14H2. The predicted octanol–water partition coefficient (Wildman–Crippen LogP) is 3.73. The molecule has 1 aliphatic rings. The van der Waals surface area contributed by atoms with Gasteiger partial charge in [-0.3, -0.25) is 9.78 Å². The van der Waals surface area contributed by atoms with Crippen molar-refractivity contribution >= 4 is 28.3 Å². The SMILES string of the molecule is O=c1nc(N2CCOCC2)oc2c(-c3cccs3)c(OCc3ccncc3)ccc12. The quantitative estimate of drug-likeness (QED) is 0.486. The molecule has 152 valence electrons. The molecular weight excluding hydrogens is 402 g/mol. The summed E-state index contributed by atoms with van der Waals surface area (Å²) >= 11 is 1.57. The fraction of sp³-hybridized carbons (Fsp3) is 0.227. The van der Waals surface area contributed by atoms with E-state index < -0.39 is 0 Å². The van der Waals surface area contributed by atoms with Crippen LogP contribution >= 0.6 is 11.3 Å². The third kappa shape index (κ3) is 3.67. The molecule has 1 saturated heterocycles. The Labute approximate surface area is 176 Å². The van der Waals surface area contributed by atoms with Gasteiger partial charge in [0.15, 0.2) is 5.58 Å². The van der Waals surface area contributed by atoms with Crippen molar-refractivity contribution in [2.45, 2.75) is 6.61 Å². The van der Waals surface area contributed by atoms with E-state index in [4.69, 9.17) is 13.9 Å². The first kappa shape index (κ1) is 18.8. The Hall–Kier alpha value is -3.23. The summed E-state index contributed by atoms with van der Waals surface area (Å²) in [5.74, 6) is 0.657. The molecule has 0 radical (unpaired) electrons. The molecule has 5 rings (SSSR count). The number of morpholine rings is 1. The molecule has 4 aromatic rings. The molecule has 0 saturated carbocycles. The zero-order chi connectivity index (χ0) is 20.3. The summed E-state index contributed by atoms with van der Waals surface area (Å²) < 4.78 is 17.8. The molecule has 8 heteroatoms. The van der Waals surface area contributed by atoms with E-state index in [0.717, 1.165) is 16.0 Å². The maximum Gasteiger partial charge on any atom is 0.301 e. The van der Waals surface area contributed by atoms with Gasteiger partial charge in [0.1, 0.15) is 12.4 Å². The van der Waals surface area contributed by atoms with Crippen LogP contribution in [0.1, 0.15) is 5.56 Å². The van der Waals surface area contributed by atoms with Gasteiger partial charge in [-0.15, -0.1) is 11.3 Å². The lowest BCUT2D eigenvalue weighted by Gasteiger charge is -2.26. The monoisotopic (exact) mass is 421 g/mol. The largest absolute Gasteiger partial charge is 0.488 e. The van der Waals surface area contributed by atoms with Gasteiger partial charge in [-0.2, -0.15) is 4.98 Å². The second kappa shape index (κ2) is 8.25. The molecule has 0 aliphatic carbocycles. The summed E-state index contributed by atoms with van der Waals surface area (Å²) in [4.78, 5) is 23.9. The van der Waals surface area contributed by atoms with E-state index in [2.05, 4.69) is 9.97 Å². The van der Waals surface area contributed by atoms with Gasteiger partial charge < -0.3 is 18.8 Å². The lowest BCUT2D eigenvalue weighted by Crippen LogP contribution is -2.37. The van der Waals surface area contributed by atoms with Crippen molar-refractivity contribution < 1.29 is 13.9 Å². The first-order valence-electron chi connectivity index (χ1n) is 9.66. The topological polar surface area (TPSA) is 77.7 Å². The number of fused-ring (bicyclic) bond motifs is 1. The van der Waals surface area contributed by atoms with Crippen molar-refractivity contribution in [1.29, 1.82) is 0 Å². The number of thiophene rings is 1. The molecule has 0 atom stereocenters. The fourth-order valence-electron chi connectivity index (χ4n) is 3.40. The molecule has 0 spiro atoms. The zero-order valence-corrected chi connectivity index (χ0v) is 16.9. The van der Waals surface area contributed by atoms with E-state index >= 15 is 0 Å².